The third-order valence-corrected chi connectivity index (χ3v) is 7.07. The molecule has 2 aliphatic heterocycles. The monoisotopic (exact) mass is 403 g/mol. The number of amides is 2. The van der Waals surface area contributed by atoms with Gasteiger partial charge in [-0.3, -0.25) is 14.5 Å². The van der Waals surface area contributed by atoms with Gasteiger partial charge in [-0.25, -0.2) is 4.39 Å². The van der Waals surface area contributed by atoms with Crippen molar-refractivity contribution in [3.05, 3.63) is 34.5 Å². The fraction of sp³-hybridized carbons (Fsp3) is 0.524. The van der Waals surface area contributed by atoms with E-state index in [-0.39, 0.29) is 17.6 Å². The molecule has 28 heavy (non-hydrogen) atoms. The number of hydrogen-bond acceptors (Lipinski definition) is 4. The number of carbonyl (C=O) groups is 2. The summed E-state index contributed by atoms with van der Waals surface area (Å²) in [6.07, 6.45) is 3.41. The smallest absolute Gasteiger partial charge is 0.264 e. The van der Waals surface area contributed by atoms with E-state index in [0.717, 1.165) is 36.2 Å². The van der Waals surface area contributed by atoms with Crippen molar-refractivity contribution in [2.75, 3.05) is 45.8 Å². The van der Waals surface area contributed by atoms with E-state index in [0.29, 0.717) is 43.0 Å². The maximum absolute atomic E-state index is 14.1. The molecule has 4 rings (SSSR count). The average molecular weight is 404 g/mol. The molecule has 2 fully saturated rings. The fourth-order valence-electron chi connectivity index (χ4n) is 4.14. The molecule has 0 bridgehead atoms. The lowest BCUT2D eigenvalue weighted by atomic mass is 10.1. The van der Waals surface area contributed by atoms with Crippen molar-refractivity contribution in [3.8, 4) is 0 Å². The molecule has 1 aromatic heterocycles. The van der Waals surface area contributed by atoms with Gasteiger partial charge in [0, 0.05) is 49.4 Å². The van der Waals surface area contributed by atoms with E-state index in [1.165, 1.54) is 23.8 Å². The van der Waals surface area contributed by atoms with Crippen LogP contribution in [0.2, 0.25) is 0 Å². The molecule has 2 aliphatic rings. The Bertz CT molecular complexity index is 883. The van der Waals surface area contributed by atoms with Crippen molar-refractivity contribution in [3.63, 3.8) is 0 Å². The number of nitrogens with zero attached hydrogens (tertiary/aromatic N) is 3. The SMILES string of the molecule is Cc1c(C(=O)N2CCN(CC(=O)N3CCCCC3)CC2)sc2cccc(F)c12. The summed E-state index contributed by atoms with van der Waals surface area (Å²) in [6, 6.07) is 4.98. The molecule has 0 aliphatic carbocycles. The lowest BCUT2D eigenvalue weighted by Gasteiger charge is -2.36. The summed E-state index contributed by atoms with van der Waals surface area (Å²) < 4.78 is 14.9. The van der Waals surface area contributed by atoms with E-state index >= 15 is 0 Å². The Balaban J connectivity index is 1.37. The Labute approximate surface area is 168 Å². The lowest BCUT2D eigenvalue weighted by Crippen LogP contribution is -2.52. The van der Waals surface area contributed by atoms with Gasteiger partial charge in [-0.2, -0.15) is 0 Å². The van der Waals surface area contributed by atoms with Crippen LogP contribution in [0.15, 0.2) is 18.2 Å². The summed E-state index contributed by atoms with van der Waals surface area (Å²) in [7, 11) is 0. The Morgan fingerprint density at radius 2 is 1.71 bits per heavy atom. The van der Waals surface area contributed by atoms with Gasteiger partial charge >= 0.3 is 0 Å². The first-order chi connectivity index (χ1) is 13.5. The zero-order valence-electron chi connectivity index (χ0n) is 16.2. The Morgan fingerprint density at radius 3 is 2.39 bits per heavy atom. The van der Waals surface area contributed by atoms with Crippen LogP contribution in [0.5, 0.6) is 0 Å². The summed E-state index contributed by atoms with van der Waals surface area (Å²) in [6.45, 7) is 6.60. The number of likely N-dealkylation sites (tertiary alicyclic amines) is 1. The molecular formula is C21H26FN3O2S. The van der Waals surface area contributed by atoms with Crippen LogP contribution in [0.3, 0.4) is 0 Å². The van der Waals surface area contributed by atoms with Gasteiger partial charge in [-0.05, 0) is 43.9 Å². The molecule has 7 heteroatoms. The predicted octanol–water partition coefficient (Wildman–Crippen LogP) is 3.12. The zero-order chi connectivity index (χ0) is 19.7. The largest absolute Gasteiger partial charge is 0.342 e. The topological polar surface area (TPSA) is 43.9 Å². The molecule has 0 N–H and O–H groups in total. The second-order valence-corrected chi connectivity index (χ2v) is 8.73. The van der Waals surface area contributed by atoms with Crippen molar-refractivity contribution in [2.45, 2.75) is 26.2 Å². The molecule has 3 heterocycles. The summed E-state index contributed by atoms with van der Waals surface area (Å²) >= 11 is 1.36. The van der Waals surface area contributed by atoms with Crippen molar-refractivity contribution < 1.29 is 14.0 Å². The Kier molecular flexibility index (Phi) is 5.64. The number of carbonyl (C=O) groups excluding carboxylic acids is 2. The highest BCUT2D eigenvalue weighted by atomic mass is 32.1. The first kappa shape index (κ1) is 19.3. The molecule has 2 amide bonds. The number of aryl methyl sites for hydroxylation is 1. The Hall–Kier alpha value is -1.99. The minimum Gasteiger partial charge on any atom is -0.342 e. The van der Waals surface area contributed by atoms with Gasteiger partial charge in [-0.15, -0.1) is 11.3 Å². The second kappa shape index (κ2) is 8.17. The molecule has 5 nitrogen and oxygen atoms in total. The van der Waals surface area contributed by atoms with E-state index in [2.05, 4.69) is 4.90 Å². The maximum Gasteiger partial charge on any atom is 0.264 e. The molecule has 1 aromatic carbocycles. The summed E-state index contributed by atoms with van der Waals surface area (Å²) in [5, 5.41) is 0.557. The van der Waals surface area contributed by atoms with Gasteiger partial charge in [0.2, 0.25) is 5.91 Å². The van der Waals surface area contributed by atoms with E-state index < -0.39 is 0 Å². The van der Waals surface area contributed by atoms with Crippen molar-refractivity contribution in [2.24, 2.45) is 0 Å². The molecule has 2 aromatic rings. The lowest BCUT2D eigenvalue weighted by molar-refractivity contribution is -0.133. The van der Waals surface area contributed by atoms with E-state index in [1.54, 1.807) is 6.07 Å². The number of halogens is 1. The van der Waals surface area contributed by atoms with Crippen LogP contribution in [0, 0.1) is 12.7 Å². The second-order valence-electron chi connectivity index (χ2n) is 7.68. The number of piperazine rings is 1. The molecule has 2 saturated heterocycles. The van der Waals surface area contributed by atoms with Gasteiger partial charge < -0.3 is 9.80 Å². The molecule has 0 saturated carbocycles. The standard InChI is InChI=1S/C21H26FN3O2S/c1-15-19-16(22)6-5-7-17(19)28-20(15)21(27)25-12-10-23(11-13-25)14-18(26)24-8-3-2-4-9-24/h5-7H,2-4,8-14H2,1H3. The number of piperidine rings is 1. The first-order valence-corrected chi connectivity index (χ1v) is 10.8. The van der Waals surface area contributed by atoms with Crippen molar-refractivity contribution in [1.82, 2.24) is 14.7 Å². The van der Waals surface area contributed by atoms with Crippen LogP contribution in [-0.2, 0) is 4.79 Å². The average Bonchev–Trinajstić information content (AvgIpc) is 3.06. The number of fused-ring (bicyclic) bond motifs is 1. The number of rotatable bonds is 3. The molecule has 0 radical (unpaired) electrons. The van der Waals surface area contributed by atoms with Crippen LogP contribution in [0.4, 0.5) is 4.39 Å². The number of thiophene rings is 1. The minimum absolute atomic E-state index is 0.0277. The van der Waals surface area contributed by atoms with Crippen molar-refractivity contribution in [1.29, 1.82) is 0 Å². The van der Waals surface area contributed by atoms with Gasteiger partial charge in [0.1, 0.15) is 5.82 Å². The number of benzene rings is 1. The third kappa shape index (κ3) is 3.78. The normalized spacial score (nSPS) is 18.6. The van der Waals surface area contributed by atoms with Crippen LogP contribution in [0.25, 0.3) is 10.1 Å². The van der Waals surface area contributed by atoms with Crippen LogP contribution >= 0.6 is 11.3 Å². The minimum atomic E-state index is -0.272. The molecular weight excluding hydrogens is 377 g/mol. The maximum atomic E-state index is 14.1. The predicted molar refractivity (Wildman–Crippen MR) is 109 cm³/mol. The highest BCUT2D eigenvalue weighted by molar-refractivity contribution is 7.21. The molecule has 0 atom stereocenters. The zero-order valence-corrected chi connectivity index (χ0v) is 17.1. The summed E-state index contributed by atoms with van der Waals surface area (Å²) in [5.41, 5.74) is 0.728. The van der Waals surface area contributed by atoms with E-state index in [4.69, 9.17) is 0 Å². The van der Waals surface area contributed by atoms with Crippen molar-refractivity contribution >= 4 is 33.2 Å². The summed E-state index contributed by atoms with van der Waals surface area (Å²) in [4.78, 5) is 32.0. The first-order valence-electron chi connectivity index (χ1n) is 10.0. The van der Waals surface area contributed by atoms with Gasteiger partial charge in [0.05, 0.1) is 11.4 Å². The highest BCUT2D eigenvalue weighted by Crippen LogP contribution is 2.33. The highest BCUT2D eigenvalue weighted by Gasteiger charge is 2.27. The summed E-state index contributed by atoms with van der Waals surface area (Å²) in [5.74, 6) is -0.0956. The fourth-order valence-corrected chi connectivity index (χ4v) is 5.34. The van der Waals surface area contributed by atoms with Crippen LogP contribution in [0.1, 0.15) is 34.5 Å². The van der Waals surface area contributed by atoms with E-state index in [1.807, 2.05) is 22.8 Å². The van der Waals surface area contributed by atoms with E-state index in [9.17, 15) is 14.0 Å². The quantitative estimate of drug-likeness (QED) is 0.791. The third-order valence-electron chi connectivity index (χ3n) is 5.82. The Morgan fingerprint density at radius 1 is 1.00 bits per heavy atom. The van der Waals surface area contributed by atoms with Gasteiger partial charge in [-0.1, -0.05) is 6.07 Å². The molecule has 0 unspecified atom stereocenters. The molecule has 150 valence electrons. The van der Waals surface area contributed by atoms with Crippen LogP contribution < -0.4 is 0 Å². The van der Waals surface area contributed by atoms with Gasteiger partial charge in [0.25, 0.3) is 5.91 Å². The number of hydrogen-bond donors (Lipinski definition) is 0. The molecule has 0 spiro atoms. The van der Waals surface area contributed by atoms with Gasteiger partial charge in [0.15, 0.2) is 0 Å². The van der Waals surface area contributed by atoms with Crippen LogP contribution in [-0.4, -0.2) is 72.3 Å².